The lowest BCUT2D eigenvalue weighted by atomic mass is 10.2. The molecule has 1 unspecified atom stereocenters. The summed E-state index contributed by atoms with van der Waals surface area (Å²) >= 11 is 1.55. The first-order valence-corrected chi connectivity index (χ1v) is 9.92. The van der Waals surface area contributed by atoms with Crippen molar-refractivity contribution < 1.29 is 9.47 Å². The van der Waals surface area contributed by atoms with E-state index in [-0.39, 0.29) is 11.6 Å². The zero-order chi connectivity index (χ0) is 19.6. The van der Waals surface area contributed by atoms with Crippen molar-refractivity contribution in [3.8, 4) is 11.5 Å². The Morgan fingerprint density at radius 2 is 1.89 bits per heavy atom. The third-order valence-electron chi connectivity index (χ3n) is 4.39. The van der Waals surface area contributed by atoms with Gasteiger partial charge in [0.1, 0.15) is 10.7 Å². The molecule has 3 rings (SSSR count). The van der Waals surface area contributed by atoms with Crippen molar-refractivity contribution in [1.82, 2.24) is 9.97 Å². The van der Waals surface area contributed by atoms with Crippen LogP contribution in [0.3, 0.4) is 0 Å². The summed E-state index contributed by atoms with van der Waals surface area (Å²) in [6, 6.07) is 5.55. The molecule has 0 aliphatic heterocycles. The van der Waals surface area contributed by atoms with E-state index < -0.39 is 0 Å². The Balaban J connectivity index is 1.89. The number of benzene rings is 1. The fraction of sp³-hybridized carbons (Fsp3) is 0.400. The molecule has 2 heterocycles. The quantitative estimate of drug-likeness (QED) is 0.621. The van der Waals surface area contributed by atoms with E-state index in [9.17, 15) is 4.79 Å². The summed E-state index contributed by atoms with van der Waals surface area (Å²) in [6.07, 6.45) is 0. The summed E-state index contributed by atoms with van der Waals surface area (Å²) in [6.45, 7) is 11.0. The number of aryl methyl sites for hydroxylation is 2. The van der Waals surface area contributed by atoms with Crippen LogP contribution in [0.4, 0.5) is 5.69 Å². The van der Waals surface area contributed by atoms with Crippen molar-refractivity contribution >= 4 is 27.2 Å². The van der Waals surface area contributed by atoms with Crippen LogP contribution in [-0.4, -0.2) is 23.2 Å². The second-order valence-electron chi connectivity index (χ2n) is 6.31. The lowest BCUT2D eigenvalue weighted by Crippen LogP contribution is -2.17. The number of ether oxygens (including phenoxy) is 2. The summed E-state index contributed by atoms with van der Waals surface area (Å²) in [7, 11) is 0. The Bertz CT molecular complexity index is 1010. The molecule has 0 fully saturated rings. The maximum atomic E-state index is 12.5. The summed E-state index contributed by atoms with van der Waals surface area (Å²) in [5.74, 6) is 2.02. The Morgan fingerprint density at radius 1 is 1.19 bits per heavy atom. The number of nitrogens with zero attached hydrogens (tertiary/aromatic N) is 1. The van der Waals surface area contributed by atoms with Gasteiger partial charge < -0.3 is 19.8 Å². The van der Waals surface area contributed by atoms with E-state index in [0.29, 0.717) is 30.2 Å². The maximum Gasteiger partial charge on any atom is 0.259 e. The number of aromatic amines is 1. The standard InChI is InChI=1S/C20H25N3O3S/c1-6-25-15-9-8-14(10-16(15)26-7-2)21-12(4)18-22-19(24)17-11(3)13(5)27-20(17)23-18/h8-10,12,21H,6-7H2,1-5H3,(H,22,23,24). The number of hydrogen-bond acceptors (Lipinski definition) is 6. The second kappa shape index (κ2) is 8.00. The first kappa shape index (κ1) is 19.2. The van der Waals surface area contributed by atoms with Crippen LogP contribution < -0.4 is 20.3 Å². The molecule has 0 saturated heterocycles. The Hall–Kier alpha value is -2.54. The molecule has 7 heteroatoms. The van der Waals surface area contributed by atoms with Gasteiger partial charge >= 0.3 is 0 Å². The van der Waals surface area contributed by atoms with Crippen LogP contribution in [0.25, 0.3) is 10.2 Å². The predicted octanol–water partition coefficient (Wildman–Crippen LogP) is 4.57. The lowest BCUT2D eigenvalue weighted by Gasteiger charge is -2.17. The topological polar surface area (TPSA) is 76.2 Å². The van der Waals surface area contributed by atoms with Crippen molar-refractivity contribution in [2.24, 2.45) is 0 Å². The molecule has 6 nitrogen and oxygen atoms in total. The Morgan fingerprint density at radius 3 is 2.59 bits per heavy atom. The predicted molar refractivity (Wildman–Crippen MR) is 111 cm³/mol. The average Bonchev–Trinajstić information content (AvgIpc) is 2.92. The largest absolute Gasteiger partial charge is 0.490 e. The number of H-pyrrole nitrogens is 1. The zero-order valence-corrected chi connectivity index (χ0v) is 17.1. The minimum atomic E-state index is -0.169. The summed E-state index contributed by atoms with van der Waals surface area (Å²) in [4.78, 5) is 22.0. The molecule has 1 atom stereocenters. The molecule has 0 radical (unpaired) electrons. The molecule has 0 spiro atoms. The third-order valence-corrected chi connectivity index (χ3v) is 5.50. The van der Waals surface area contributed by atoms with Gasteiger partial charge in [-0.2, -0.15) is 0 Å². The van der Waals surface area contributed by atoms with Crippen LogP contribution in [-0.2, 0) is 0 Å². The number of fused-ring (bicyclic) bond motifs is 1. The lowest BCUT2D eigenvalue weighted by molar-refractivity contribution is 0.288. The van der Waals surface area contributed by atoms with Crippen LogP contribution in [0.2, 0.25) is 0 Å². The summed E-state index contributed by atoms with van der Waals surface area (Å²) < 4.78 is 11.3. The number of hydrogen-bond donors (Lipinski definition) is 2. The van der Waals surface area contributed by atoms with Gasteiger partial charge in [-0.25, -0.2) is 4.98 Å². The minimum absolute atomic E-state index is 0.0906. The van der Waals surface area contributed by atoms with Gasteiger partial charge in [-0.1, -0.05) is 0 Å². The van der Waals surface area contributed by atoms with Crippen molar-refractivity contribution in [2.75, 3.05) is 18.5 Å². The van der Waals surface area contributed by atoms with Gasteiger partial charge in [0.2, 0.25) is 0 Å². The molecular weight excluding hydrogens is 362 g/mol. The highest BCUT2D eigenvalue weighted by Gasteiger charge is 2.16. The molecule has 0 bridgehead atoms. The average molecular weight is 388 g/mol. The highest BCUT2D eigenvalue weighted by Crippen LogP contribution is 2.32. The van der Waals surface area contributed by atoms with Crippen molar-refractivity contribution in [2.45, 2.75) is 40.7 Å². The van der Waals surface area contributed by atoms with Crippen molar-refractivity contribution in [3.63, 3.8) is 0 Å². The van der Waals surface area contributed by atoms with E-state index >= 15 is 0 Å². The summed E-state index contributed by atoms with van der Waals surface area (Å²) in [5.41, 5.74) is 1.78. The highest BCUT2D eigenvalue weighted by atomic mass is 32.1. The molecule has 2 aromatic heterocycles. The normalized spacial score (nSPS) is 12.2. The van der Waals surface area contributed by atoms with Gasteiger partial charge in [0.05, 0.1) is 24.6 Å². The molecule has 0 saturated carbocycles. The van der Waals surface area contributed by atoms with Gasteiger partial charge in [-0.3, -0.25) is 4.79 Å². The summed E-state index contributed by atoms with van der Waals surface area (Å²) in [5, 5.41) is 4.06. The van der Waals surface area contributed by atoms with E-state index in [4.69, 9.17) is 9.47 Å². The van der Waals surface area contributed by atoms with Gasteiger partial charge in [-0.15, -0.1) is 11.3 Å². The van der Waals surface area contributed by atoms with Crippen LogP contribution in [0.5, 0.6) is 11.5 Å². The van der Waals surface area contributed by atoms with Crippen LogP contribution in [0.1, 0.15) is 43.1 Å². The minimum Gasteiger partial charge on any atom is -0.490 e. The molecule has 0 amide bonds. The Kier molecular flexibility index (Phi) is 5.70. The fourth-order valence-electron chi connectivity index (χ4n) is 2.94. The molecule has 144 valence electrons. The van der Waals surface area contributed by atoms with E-state index in [1.807, 2.05) is 52.8 Å². The molecule has 27 heavy (non-hydrogen) atoms. The SMILES string of the molecule is CCOc1ccc(NC(C)c2nc3sc(C)c(C)c3c(=O)[nH]2)cc1OCC. The molecule has 3 aromatic rings. The van der Waals surface area contributed by atoms with Gasteiger partial charge in [0.25, 0.3) is 5.56 Å². The third kappa shape index (κ3) is 3.93. The monoisotopic (exact) mass is 387 g/mol. The number of nitrogens with one attached hydrogen (secondary N) is 2. The van der Waals surface area contributed by atoms with Gasteiger partial charge in [-0.05, 0) is 52.3 Å². The number of anilines is 1. The van der Waals surface area contributed by atoms with Gasteiger partial charge in [0.15, 0.2) is 11.5 Å². The molecule has 2 N–H and O–H groups in total. The second-order valence-corrected chi connectivity index (χ2v) is 7.51. The van der Waals surface area contributed by atoms with E-state index in [1.165, 1.54) is 0 Å². The maximum absolute atomic E-state index is 12.5. The molecule has 0 aliphatic rings. The molecule has 0 aliphatic carbocycles. The number of rotatable bonds is 7. The first-order chi connectivity index (χ1) is 12.9. The molecule has 1 aromatic carbocycles. The van der Waals surface area contributed by atoms with E-state index in [1.54, 1.807) is 11.3 Å². The van der Waals surface area contributed by atoms with Crippen LogP contribution in [0.15, 0.2) is 23.0 Å². The highest BCUT2D eigenvalue weighted by molar-refractivity contribution is 7.18. The zero-order valence-electron chi connectivity index (χ0n) is 16.3. The van der Waals surface area contributed by atoms with E-state index in [2.05, 4.69) is 15.3 Å². The van der Waals surface area contributed by atoms with E-state index in [0.717, 1.165) is 26.7 Å². The van der Waals surface area contributed by atoms with Crippen LogP contribution >= 0.6 is 11.3 Å². The Labute approximate surface area is 162 Å². The molecular formula is C20H25N3O3S. The van der Waals surface area contributed by atoms with Gasteiger partial charge in [0, 0.05) is 16.6 Å². The smallest absolute Gasteiger partial charge is 0.259 e. The number of aromatic nitrogens is 2. The van der Waals surface area contributed by atoms with Crippen LogP contribution in [0, 0.1) is 13.8 Å². The first-order valence-electron chi connectivity index (χ1n) is 9.10. The fourth-order valence-corrected chi connectivity index (χ4v) is 3.97. The van der Waals surface area contributed by atoms with Crippen molar-refractivity contribution in [3.05, 3.63) is 44.8 Å². The van der Waals surface area contributed by atoms with Crippen molar-refractivity contribution in [1.29, 1.82) is 0 Å². The number of thiophene rings is 1.